The molecule has 0 bridgehead atoms. The third-order valence-electron chi connectivity index (χ3n) is 1.89. The van der Waals surface area contributed by atoms with Gasteiger partial charge in [-0.3, -0.25) is 14.9 Å². The summed E-state index contributed by atoms with van der Waals surface area (Å²) >= 11 is 3.20. The molecule has 17 heavy (non-hydrogen) atoms. The highest BCUT2D eigenvalue weighted by Crippen LogP contribution is 2.23. The third kappa shape index (κ3) is 3.81. The smallest absolute Gasteiger partial charge is 0.270 e. The first-order valence-corrected chi connectivity index (χ1v) is 5.76. The van der Waals surface area contributed by atoms with E-state index in [4.69, 9.17) is 0 Å². The first-order valence-electron chi connectivity index (χ1n) is 4.97. The van der Waals surface area contributed by atoms with Gasteiger partial charge in [0.05, 0.1) is 10.5 Å². The minimum atomic E-state index is -0.527. The van der Waals surface area contributed by atoms with Crippen molar-refractivity contribution < 1.29 is 9.72 Å². The van der Waals surface area contributed by atoms with E-state index in [1.165, 1.54) is 18.2 Å². The summed E-state index contributed by atoms with van der Waals surface area (Å²) in [5.41, 5.74) is -0.234. The number of halogens is 1. The van der Waals surface area contributed by atoms with Crippen molar-refractivity contribution in [1.29, 1.82) is 0 Å². The first-order chi connectivity index (χ1) is 7.70. The Hall–Kier alpha value is -1.43. The Morgan fingerprint density at radius 3 is 2.47 bits per heavy atom. The van der Waals surface area contributed by atoms with Crippen LogP contribution in [-0.4, -0.2) is 16.4 Å². The van der Waals surface area contributed by atoms with Gasteiger partial charge in [0.25, 0.3) is 11.6 Å². The Bertz CT molecular complexity index is 466. The average Bonchev–Trinajstić information content (AvgIpc) is 2.14. The zero-order chi connectivity index (χ0) is 13.2. The van der Waals surface area contributed by atoms with Gasteiger partial charge >= 0.3 is 0 Å². The van der Waals surface area contributed by atoms with Crippen LogP contribution in [0.1, 0.15) is 31.1 Å². The topological polar surface area (TPSA) is 72.2 Å². The maximum absolute atomic E-state index is 11.9. The summed E-state index contributed by atoms with van der Waals surface area (Å²) < 4.78 is 0.532. The monoisotopic (exact) mass is 300 g/mol. The fraction of sp³-hybridized carbons (Fsp3) is 0.364. The van der Waals surface area contributed by atoms with E-state index in [1.807, 2.05) is 20.8 Å². The molecular weight excluding hydrogens is 288 g/mol. The zero-order valence-corrected chi connectivity index (χ0v) is 11.4. The number of nitro groups is 1. The van der Waals surface area contributed by atoms with Crippen molar-refractivity contribution in [2.75, 3.05) is 0 Å². The molecule has 0 spiro atoms. The molecule has 1 amide bonds. The summed E-state index contributed by atoms with van der Waals surface area (Å²) in [4.78, 5) is 22.0. The maximum Gasteiger partial charge on any atom is 0.270 e. The number of carbonyl (C=O) groups excluding carboxylic acids is 1. The number of benzene rings is 1. The zero-order valence-electron chi connectivity index (χ0n) is 9.78. The van der Waals surface area contributed by atoms with Crippen molar-refractivity contribution >= 4 is 27.5 Å². The Balaban J connectivity index is 3.08. The molecule has 0 saturated carbocycles. The highest BCUT2D eigenvalue weighted by atomic mass is 79.9. The number of hydrogen-bond donors (Lipinski definition) is 1. The molecule has 0 aliphatic heterocycles. The van der Waals surface area contributed by atoms with Crippen LogP contribution < -0.4 is 5.32 Å². The van der Waals surface area contributed by atoms with Crippen LogP contribution in [-0.2, 0) is 0 Å². The van der Waals surface area contributed by atoms with Crippen LogP contribution in [0.15, 0.2) is 22.7 Å². The fourth-order valence-electron chi connectivity index (χ4n) is 1.21. The van der Waals surface area contributed by atoms with Crippen LogP contribution in [0.2, 0.25) is 0 Å². The van der Waals surface area contributed by atoms with E-state index in [9.17, 15) is 14.9 Å². The first kappa shape index (κ1) is 13.6. The molecule has 0 aromatic heterocycles. The lowest BCUT2D eigenvalue weighted by Crippen LogP contribution is -2.40. The molecule has 0 aliphatic carbocycles. The summed E-state index contributed by atoms with van der Waals surface area (Å²) in [6.45, 7) is 5.53. The molecule has 1 N–H and O–H groups in total. The number of carbonyl (C=O) groups is 1. The lowest BCUT2D eigenvalue weighted by molar-refractivity contribution is -0.384. The van der Waals surface area contributed by atoms with Gasteiger partial charge in [-0.1, -0.05) is 0 Å². The van der Waals surface area contributed by atoms with Crippen LogP contribution in [0, 0.1) is 10.1 Å². The van der Waals surface area contributed by atoms with Crippen LogP contribution in [0.4, 0.5) is 5.69 Å². The SMILES string of the molecule is CC(C)(C)NC(=O)c1cc([N+](=O)[O-])ccc1Br. The van der Waals surface area contributed by atoms with Gasteiger partial charge in [-0.05, 0) is 42.8 Å². The van der Waals surface area contributed by atoms with Crippen molar-refractivity contribution in [3.63, 3.8) is 0 Å². The Morgan fingerprint density at radius 2 is 2.00 bits per heavy atom. The number of nitrogens with one attached hydrogen (secondary N) is 1. The molecule has 0 aliphatic rings. The number of nitrogens with zero attached hydrogens (tertiary/aromatic N) is 1. The highest BCUT2D eigenvalue weighted by molar-refractivity contribution is 9.10. The van der Waals surface area contributed by atoms with Gasteiger partial charge in [-0.15, -0.1) is 0 Å². The number of hydrogen-bond acceptors (Lipinski definition) is 3. The van der Waals surface area contributed by atoms with Gasteiger partial charge in [0.1, 0.15) is 0 Å². The average molecular weight is 301 g/mol. The second kappa shape index (κ2) is 4.83. The van der Waals surface area contributed by atoms with Crippen molar-refractivity contribution in [2.45, 2.75) is 26.3 Å². The fourth-order valence-corrected chi connectivity index (χ4v) is 1.64. The van der Waals surface area contributed by atoms with E-state index >= 15 is 0 Å². The Labute approximate surface area is 107 Å². The minimum absolute atomic E-state index is 0.104. The van der Waals surface area contributed by atoms with Crippen LogP contribution >= 0.6 is 15.9 Å². The van der Waals surface area contributed by atoms with Gasteiger partial charge in [-0.2, -0.15) is 0 Å². The van der Waals surface area contributed by atoms with Crippen LogP contribution in [0.3, 0.4) is 0 Å². The number of rotatable bonds is 2. The van der Waals surface area contributed by atoms with E-state index < -0.39 is 4.92 Å². The lowest BCUT2D eigenvalue weighted by Gasteiger charge is -2.20. The van der Waals surface area contributed by atoms with Gasteiger partial charge in [-0.25, -0.2) is 0 Å². The maximum atomic E-state index is 11.9. The summed E-state index contributed by atoms with van der Waals surface area (Å²) in [7, 11) is 0. The molecule has 1 rings (SSSR count). The number of nitro benzene ring substituents is 1. The number of non-ortho nitro benzene ring substituents is 1. The second-order valence-electron chi connectivity index (χ2n) is 4.63. The standard InChI is InChI=1S/C11H13BrN2O3/c1-11(2,3)13-10(15)8-6-7(14(16)17)4-5-9(8)12/h4-6H,1-3H3,(H,13,15). The molecule has 0 saturated heterocycles. The molecule has 5 nitrogen and oxygen atoms in total. The predicted octanol–water partition coefficient (Wildman–Crippen LogP) is 2.89. The molecule has 6 heteroatoms. The van der Waals surface area contributed by atoms with Crippen LogP contribution in [0.5, 0.6) is 0 Å². The molecular formula is C11H13BrN2O3. The minimum Gasteiger partial charge on any atom is -0.347 e. The van der Waals surface area contributed by atoms with E-state index in [2.05, 4.69) is 21.2 Å². The third-order valence-corrected chi connectivity index (χ3v) is 2.59. The molecule has 0 fully saturated rings. The molecule has 0 atom stereocenters. The van der Waals surface area contributed by atoms with Crippen molar-refractivity contribution in [1.82, 2.24) is 5.32 Å². The summed E-state index contributed by atoms with van der Waals surface area (Å²) in [5.74, 6) is -0.340. The molecule has 0 radical (unpaired) electrons. The van der Waals surface area contributed by atoms with E-state index in [-0.39, 0.29) is 22.7 Å². The normalized spacial score (nSPS) is 11.1. The van der Waals surface area contributed by atoms with Gasteiger partial charge in [0, 0.05) is 22.1 Å². The van der Waals surface area contributed by atoms with Crippen LogP contribution in [0.25, 0.3) is 0 Å². The van der Waals surface area contributed by atoms with Gasteiger partial charge < -0.3 is 5.32 Å². The second-order valence-corrected chi connectivity index (χ2v) is 5.48. The molecule has 1 aromatic rings. The van der Waals surface area contributed by atoms with Crippen molar-refractivity contribution in [3.8, 4) is 0 Å². The summed E-state index contributed by atoms with van der Waals surface area (Å²) in [6, 6.07) is 4.10. The van der Waals surface area contributed by atoms with E-state index in [1.54, 1.807) is 0 Å². The summed E-state index contributed by atoms with van der Waals surface area (Å²) in [6.07, 6.45) is 0. The van der Waals surface area contributed by atoms with Gasteiger partial charge in [0.2, 0.25) is 0 Å². The van der Waals surface area contributed by atoms with E-state index in [0.29, 0.717) is 4.47 Å². The number of amides is 1. The molecule has 0 unspecified atom stereocenters. The summed E-state index contributed by atoms with van der Waals surface area (Å²) in [5, 5.41) is 13.4. The molecule has 0 heterocycles. The van der Waals surface area contributed by atoms with E-state index in [0.717, 1.165) is 0 Å². The highest BCUT2D eigenvalue weighted by Gasteiger charge is 2.19. The Kier molecular flexibility index (Phi) is 3.87. The Morgan fingerprint density at radius 1 is 1.41 bits per heavy atom. The predicted molar refractivity (Wildman–Crippen MR) is 68.0 cm³/mol. The molecule has 92 valence electrons. The molecule has 1 aromatic carbocycles. The lowest BCUT2D eigenvalue weighted by atomic mass is 10.1. The van der Waals surface area contributed by atoms with Gasteiger partial charge in [0.15, 0.2) is 0 Å². The van der Waals surface area contributed by atoms with Crippen molar-refractivity contribution in [2.24, 2.45) is 0 Å². The van der Waals surface area contributed by atoms with Crippen molar-refractivity contribution in [3.05, 3.63) is 38.3 Å². The quantitative estimate of drug-likeness (QED) is 0.674. The largest absolute Gasteiger partial charge is 0.347 e.